The van der Waals surface area contributed by atoms with Gasteiger partial charge < -0.3 is 9.74 Å². The first kappa shape index (κ1) is 23.8. The van der Waals surface area contributed by atoms with E-state index in [0.717, 1.165) is 36.0 Å². The van der Waals surface area contributed by atoms with Crippen molar-refractivity contribution in [3.63, 3.8) is 0 Å². The average molecular weight is 477 g/mol. The number of carbonyl (C=O) groups is 1. The van der Waals surface area contributed by atoms with Gasteiger partial charge in [-0.05, 0) is 72.8 Å². The molecule has 0 aliphatic carbocycles. The molecule has 29 heavy (non-hydrogen) atoms. The normalized spacial score (nSPS) is 12.1. The number of aryl methyl sites for hydroxylation is 1. The minimum atomic E-state index is -1.69. The molecule has 2 rings (SSSR count). The van der Waals surface area contributed by atoms with E-state index in [2.05, 4.69) is 79.4 Å². The SMILES string of the molecule is CC(C)(C)[Si](C)(C)OCCc1ccc(NC(=O)CCCc2ccc(Br)cc2)cc1. The van der Waals surface area contributed by atoms with E-state index in [0.29, 0.717) is 6.42 Å². The van der Waals surface area contributed by atoms with Gasteiger partial charge in [-0.3, -0.25) is 4.79 Å². The number of halogens is 1. The van der Waals surface area contributed by atoms with Crippen molar-refractivity contribution < 1.29 is 9.22 Å². The Bertz CT molecular complexity index is 780. The van der Waals surface area contributed by atoms with E-state index in [1.165, 1.54) is 11.1 Å². The molecule has 0 heterocycles. The van der Waals surface area contributed by atoms with Gasteiger partial charge in [-0.25, -0.2) is 0 Å². The molecule has 0 spiro atoms. The third-order valence-corrected chi connectivity index (χ3v) is 10.7. The highest BCUT2D eigenvalue weighted by atomic mass is 79.9. The summed E-state index contributed by atoms with van der Waals surface area (Å²) in [6.07, 6.45) is 3.18. The van der Waals surface area contributed by atoms with E-state index in [4.69, 9.17) is 4.43 Å². The highest BCUT2D eigenvalue weighted by Gasteiger charge is 2.36. The maximum atomic E-state index is 12.2. The lowest BCUT2D eigenvalue weighted by Crippen LogP contribution is -2.41. The van der Waals surface area contributed by atoms with E-state index in [9.17, 15) is 4.79 Å². The minimum Gasteiger partial charge on any atom is -0.416 e. The Morgan fingerprint density at radius 1 is 0.966 bits per heavy atom. The van der Waals surface area contributed by atoms with Crippen molar-refractivity contribution in [2.24, 2.45) is 0 Å². The Balaban J connectivity index is 1.72. The first-order valence-corrected chi connectivity index (χ1v) is 14.0. The van der Waals surface area contributed by atoms with Crippen molar-refractivity contribution in [1.82, 2.24) is 0 Å². The second kappa shape index (κ2) is 10.6. The molecule has 0 bridgehead atoms. The van der Waals surface area contributed by atoms with Crippen LogP contribution in [0.1, 0.15) is 44.7 Å². The summed E-state index contributed by atoms with van der Waals surface area (Å²) >= 11 is 3.44. The maximum Gasteiger partial charge on any atom is 0.224 e. The fraction of sp³-hybridized carbons (Fsp3) is 0.458. The van der Waals surface area contributed by atoms with Crippen molar-refractivity contribution >= 4 is 35.8 Å². The van der Waals surface area contributed by atoms with Crippen molar-refractivity contribution in [1.29, 1.82) is 0 Å². The zero-order valence-corrected chi connectivity index (χ0v) is 20.9. The van der Waals surface area contributed by atoms with Gasteiger partial charge in [0, 0.05) is 23.2 Å². The van der Waals surface area contributed by atoms with Gasteiger partial charge in [0.15, 0.2) is 8.32 Å². The summed E-state index contributed by atoms with van der Waals surface area (Å²) in [7, 11) is -1.69. The van der Waals surface area contributed by atoms with Gasteiger partial charge in [0.2, 0.25) is 5.91 Å². The molecule has 0 atom stereocenters. The van der Waals surface area contributed by atoms with Crippen LogP contribution in [0, 0.1) is 0 Å². The summed E-state index contributed by atoms with van der Waals surface area (Å²) in [5.74, 6) is 0.0659. The van der Waals surface area contributed by atoms with Crippen LogP contribution >= 0.6 is 15.9 Å². The van der Waals surface area contributed by atoms with Crippen LogP contribution in [0.2, 0.25) is 18.1 Å². The lowest BCUT2D eigenvalue weighted by molar-refractivity contribution is -0.116. The third-order valence-electron chi connectivity index (χ3n) is 5.68. The molecule has 0 aliphatic rings. The highest BCUT2D eigenvalue weighted by Crippen LogP contribution is 2.36. The molecule has 0 unspecified atom stereocenters. The number of nitrogens with one attached hydrogen (secondary N) is 1. The van der Waals surface area contributed by atoms with Gasteiger partial charge in [0.05, 0.1) is 0 Å². The summed E-state index contributed by atoms with van der Waals surface area (Å²) in [5.41, 5.74) is 3.34. The molecule has 0 aliphatic heterocycles. The van der Waals surface area contributed by atoms with Crippen molar-refractivity contribution in [3.8, 4) is 0 Å². The maximum absolute atomic E-state index is 12.2. The number of rotatable bonds is 9. The number of amides is 1. The van der Waals surface area contributed by atoms with Gasteiger partial charge in [-0.1, -0.05) is 61.0 Å². The second-order valence-corrected chi connectivity index (χ2v) is 14.8. The Morgan fingerprint density at radius 3 is 2.10 bits per heavy atom. The monoisotopic (exact) mass is 475 g/mol. The molecule has 0 saturated carbocycles. The Kier molecular flexibility index (Phi) is 8.68. The fourth-order valence-corrected chi connectivity index (χ4v) is 4.03. The van der Waals surface area contributed by atoms with E-state index in [1.54, 1.807) is 0 Å². The summed E-state index contributed by atoms with van der Waals surface area (Å²) < 4.78 is 7.32. The molecule has 0 aromatic heterocycles. The third kappa shape index (κ3) is 8.07. The van der Waals surface area contributed by atoms with Crippen molar-refractivity contribution in [3.05, 3.63) is 64.1 Å². The molecular formula is C24H34BrNO2Si. The molecule has 0 radical (unpaired) electrons. The van der Waals surface area contributed by atoms with Gasteiger partial charge >= 0.3 is 0 Å². The van der Waals surface area contributed by atoms with Crippen molar-refractivity contribution in [2.45, 2.75) is 64.6 Å². The molecule has 1 amide bonds. The zero-order chi connectivity index (χ0) is 21.5. The highest BCUT2D eigenvalue weighted by molar-refractivity contribution is 9.10. The van der Waals surface area contributed by atoms with Gasteiger partial charge in [0.1, 0.15) is 0 Å². The van der Waals surface area contributed by atoms with Crippen LogP contribution in [0.4, 0.5) is 5.69 Å². The smallest absolute Gasteiger partial charge is 0.224 e. The number of benzene rings is 2. The molecule has 0 saturated heterocycles. The Hall–Kier alpha value is -1.43. The number of hydrogen-bond donors (Lipinski definition) is 1. The Morgan fingerprint density at radius 2 is 1.52 bits per heavy atom. The van der Waals surface area contributed by atoms with Gasteiger partial charge in [0.25, 0.3) is 0 Å². The molecule has 2 aromatic carbocycles. The first-order chi connectivity index (χ1) is 13.6. The average Bonchev–Trinajstić information content (AvgIpc) is 2.64. The summed E-state index contributed by atoms with van der Waals surface area (Å²) in [6, 6.07) is 16.4. The standard InChI is InChI=1S/C24H34BrNO2Si/c1-24(2,3)29(4,5)28-18-17-20-11-15-22(16-12-20)26-23(27)8-6-7-19-9-13-21(25)14-10-19/h9-16H,6-8,17-18H2,1-5H3,(H,26,27). The predicted octanol–water partition coefficient (Wildman–Crippen LogP) is 6.97. The molecule has 0 fully saturated rings. The first-order valence-electron chi connectivity index (χ1n) is 10.3. The molecule has 1 N–H and O–H groups in total. The zero-order valence-electron chi connectivity index (χ0n) is 18.3. The van der Waals surface area contributed by atoms with Crippen LogP contribution < -0.4 is 5.32 Å². The van der Waals surface area contributed by atoms with Crippen LogP contribution in [0.15, 0.2) is 53.0 Å². The van der Waals surface area contributed by atoms with Crippen molar-refractivity contribution in [2.75, 3.05) is 11.9 Å². The van der Waals surface area contributed by atoms with Crippen LogP contribution in [0.3, 0.4) is 0 Å². The lowest BCUT2D eigenvalue weighted by Gasteiger charge is -2.36. The summed E-state index contributed by atoms with van der Waals surface area (Å²) in [4.78, 5) is 12.2. The predicted molar refractivity (Wildman–Crippen MR) is 129 cm³/mol. The van der Waals surface area contributed by atoms with Crippen LogP contribution in [0.5, 0.6) is 0 Å². The topological polar surface area (TPSA) is 38.3 Å². The second-order valence-electron chi connectivity index (χ2n) is 9.08. The van der Waals surface area contributed by atoms with Gasteiger partial charge in [-0.2, -0.15) is 0 Å². The van der Waals surface area contributed by atoms with E-state index >= 15 is 0 Å². The molecule has 158 valence electrons. The van der Waals surface area contributed by atoms with E-state index in [-0.39, 0.29) is 10.9 Å². The minimum absolute atomic E-state index is 0.0659. The summed E-state index contributed by atoms with van der Waals surface area (Å²) in [6.45, 7) is 12.1. The largest absolute Gasteiger partial charge is 0.416 e. The molecule has 5 heteroatoms. The fourth-order valence-electron chi connectivity index (χ4n) is 2.72. The molecular weight excluding hydrogens is 442 g/mol. The van der Waals surface area contributed by atoms with Crippen LogP contribution in [-0.2, 0) is 22.1 Å². The molecule has 2 aromatic rings. The summed E-state index contributed by atoms with van der Waals surface area (Å²) in [5, 5.41) is 3.23. The van der Waals surface area contributed by atoms with E-state index < -0.39 is 8.32 Å². The van der Waals surface area contributed by atoms with Crippen LogP contribution in [0.25, 0.3) is 0 Å². The number of carbonyl (C=O) groups excluding carboxylic acids is 1. The molecule has 3 nitrogen and oxygen atoms in total. The lowest BCUT2D eigenvalue weighted by atomic mass is 10.1. The van der Waals surface area contributed by atoms with E-state index in [1.807, 2.05) is 24.3 Å². The Labute approximate surface area is 185 Å². The van der Waals surface area contributed by atoms with Crippen LogP contribution in [-0.4, -0.2) is 20.8 Å². The number of hydrogen-bond acceptors (Lipinski definition) is 2. The quantitative estimate of drug-likeness (QED) is 0.397. The van der Waals surface area contributed by atoms with Gasteiger partial charge in [-0.15, -0.1) is 0 Å². The number of anilines is 1.